The van der Waals surface area contributed by atoms with Crippen LogP contribution in [0.5, 0.6) is 5.75 Å². The van der Waals surface area contributed by atoms with Gasteiger partial charge in [-0.1, -0.05) is 36.4 Å². The molecule has 2 N–H and O–H groups in total. The second-order valence-corrected chi connectivity index (χ2v) is 8.11. The molecule has 0 spiro atoms. The Hall–Kier alpha value is -4.17. The number of hydrogen-bond donors (Lipinski definition) is 2. The predicted molar refractivity (Wildman–Crippen MR) is 132 cm³/mol. The maximum atomic E-state index is 12.3. The van der Waals surface area contributed by atoms with Gasteiger partial charge in [-0.05, 0) is 54.7 Å². The first kappa shape index (κ1) is 21.7. The maximum absolute atomic E-state index is 12.3. The number of aromatic hydroxyl groups is 1. The molecule has 34 heavy (non-hydrogen) atoms. The van der Waals surface area contributed by atoms with Crippen LogP contribution < -0.4 is 10.2 Å². The summed E-state index contributed by atoms with van der Waals surface area (Å²) in [5.41, 5.74) is 2.36. The second kappa shape index (κ2) is 8.99. The van der Waals surface area contributed by atoms with Gasteiger partial charge in [-0.15, -0.1) is 0 Å². The summed E-state index contributed by atoms with van der Waals surface area (Å²) >= 11 is 5.68. The number of carbonyl (C=O) groups is 1. The molecular formula is C26H21N3O4S. The number of phenols is 1. The Morgan fingerprint density at radius 2 is 1.82 bits per heavy atom. The number of para-hydroxylation sites is 2. The Morgan fingerprint density at radius 3 is 2.59 bits per heavy atom. The first-order valence-electron chi connectivity index (χ1n) is 10.6. The summed E-state index contributed by atoms with van der Waals surface area (Å²) in [4.78, 5) is 18.6. The summed E-state index contributed by atoms with van der Waals surface area (Å²) in [6, 6.07) is 22.7. The number of carbonyl (C=O) groups excluding carboxylic acids is 1. The Kier molecular flexibility index (Phi) is 5.73. The third kappa shape index (κ3) is 3.78. The van der Waals surface area contributed by atoms with Crippen LogP contribution in [-0.2, 0) is 4.74 Å². The predicted octanol–water partition coefficient (Wildman–Crippen LogP) is 5.01. The number of furan rings is 1. The molecule has 8 heteroatoms. The SMILES string of the molecule is COC(=O)c1ccccc1-c1ccc([C@@H]2[C@H](c3ccccn3)NC(=S)N2c2ccccc2O)o1. The van der Waals surface area contributed by atoms with E-state index in [1.54, 1.807) is 36.5 Å². The molecule has 7 nitrogen and oxygen atoms in total. The van der Waals surface area contributed by atoms with Crippen LogP contribution in [0.2, 0.25) is 0 Å². The number of pyridine rings is 1. The number of methoxy groups -OCH3 is 1. The fourth-order valence-corrected chi connectivity index (χ4v) is 4.55. The zero-order valence-electron chi connectivity index (χ0n) is 18.2. The van der Waals surface area contributed by atoms with E-state index in [9.17, 15) is 9.90 Å². The molecule has 2 aromatic carbocycles. The van der Waals surface area contributed by atoms with Crippen LogP contribution in [0.1, 0.15) is 33.9 Å². The van der Waals surface area contributed by atoms with Gasteiger partial charge in [-0.3, -0.25) is 4.98 Å². The van der Waals surface area contributed by atoms with E-state index in [0.717, 1.165) is 5.69 Å². The molecule has 1 aliphatic heterocycles. The normalized spacial score (nSPS) is 17.4. The largest absolute Gasteiger partial charge is 0.506 e. The molecule has 2 aromatic heterocycles. The molecule has 0 bridgehead atoms. The molecule has 0 unspecified atom stereocenters. The van der Waals surface area contributed by atoms with Gasteiger partial charge in [0.2, 0.25) is 0 Å². The minimum Gasteiger partial charge on any atom is -0.506 e. The highest BCUT2D eigenvalue weighted by Crippen LogP contribution is 2.45. The number of nitrogens with one attached hydrogen (secondary N) is 1. The lowest BCUT2D eigenvalue weighted by molar-refractivity contribution is 0.0601. The summed E-state index contributed by atoms with van der Waals surface area (Å²) in [6.07, 6.45) is 1.72. The first-order chi connectivity index (χ1) is 16.6. The maximum Gasteiger partial charge on any atom is 0.338 e. The summed E-state index contributed by atoms with van der Waals surface area (Å²) in [6.45, 7) is 0. The van der Waals surface area contributed by atoms with Crippen molar-refractivity contribution in [3.05, 3.63) is 102 Å². The molecule has 0 aliphatic carbocycles. The van der Waals surface area contributed by atoms with Crippen molar-refractivity contribution in [2.45, 2.75) is 12.1 Å². The Labute approximate surface area is 201 Å². The molecular weight excluding hydrogens is 450 g/mol. The van der Waals surface area contributed by atoms with E-state index in [1.165, 1.54) is 7.11 Å². The minimum atomic E-state index is -0.445. The average Bonchev–Trinajstić information content (AvgIpc) is 3.49. The van der Waals surface area contributed by atoms with E-state index in [1.807, 2.05) is 53.4 Å². The van der Waals surface area contributed by atoms with Crippen molar-refractivity contribution < 1.29 is 19.1 Å². The van der Waals surface area contributed by atoms with Crippen LogP contribution >= 0.6 is 12.2 Å². The van der Waals surface area contributed by atoms with Crippen LogP contribution in [0.4, 0.5) is 5.69 Å². The number of aromatic nitrogens is 1. The lowest BCUT2D eigenvalue weighted by Crippen LogP contribution is -2.29. The summed E-state index contributed by atoms with van der Waals surface area (Å²) < 4.78 is 11.3. The van der Waals surface area contributed by atoms with E-state index < -0.39 is 12.0 Å². The second-order valence-electron chi connectivity index (χ2n) is 7.72. The third-order valence-corrected chi connectivity index (χ3v) is 6.07. The third-order valence-electron chi connectivity index (χ3n) is 5.76. The van der Waals surface area contributed by atoms with Gasteiger partial charge in [0.25, 0.3) is 0 Å². The van der Waals surface area contributed by atoms with Crippen molar-refractivity contribution in [3.63, 3.8) is 0 Å². The highest BCUT2D eigenvalue weighted by atomic mass is 32.1. The molecule has 0 radical (unpaired) electrons. The molecule has 1 fully saturated rings. The highest BCUT2D eigenvalue weighted by Gasteiger charge is 2.43. The average molecular weight is 472 g/mol. The van der Waals surface area contributed by atoms with Gasteiger partial charge in [0.15, 0.2) is 5.11 Å². The van der Waals surface area contributed by atoms with Gasteiger partial charge in [0.05, 0.1) is 30.1 Å². The number of nitrogens with zero attached hydrogens (tertiary/aromatic N) is 2. The highest BCUT2D eigenvalue weighted by molar-refractivity contribution is 7.80. The van der Waals surface area contributed by atoms with Crippen LogP contribution in [-0.4, -0.2) is 28.3 Å². The van der Waals surface area contributed by atoms with Crippen molar-refractivity contribution in [2.24, 2.45) is 0 Å². The summed E-state index contributed by atoms with van der Waals surface area (Å²) in [5, 5.41) is 14.4. The van der Waals surface area contributed by atoms with Gasteiger partial charge in [0, 0.05) is 11.8 Å². The van der Waals surface area contributed by atoms with Gasteiger partial charge >= 0.3 is 5.97 Å². The molecule has 1 aliphatic rings. The number of anilines is 1. The van der Waals surface area contributed by atoms with E-state index >= 15 is 0 Å². The van der Waals surface area contributed by atoms with Crippen LogP contribution in [0.15, 0.2) is 89.5 Å². The molecule has 0 saturated carbocycles. The molecule has 1 saturated heterocycles. The number of thiocarbonyl (C=S) groups is 1. The number of benzene rings is 2. The van der Waals surface area contributed by atoms with E-state index in [2.05, 4.69) is 10.3 Å². The van der Waals surface area contributed by atoms with Crippen molar-refractivity contribution in [1.29, 1.82) is 0 Å². The lowest BCUT2D eigenvalue weighted by atomic mass is 10.0. The minimum absolute atomic E-state index is 0.0983. The smallest absolute Gasteiger partial charge is 0.338 e. The Morgan fingerprint density at radius 1 is 1.06 bits per heavy atom. The standard InChI is InChI=1S/C26H21N3O4S/c1-32-25(31)17-9-3-2-8-16(17)21-13-14-22(33-21)24-23(18-10-6-7-15-27-18)28-26(34)29(24)19-11-4-5-12-20(19)30/h2-15,23-24,30H,1H3,(H,28,34)/t23-,24+/m0/s1. The quantitative estimate of drug-likeness (QED) is 0.310. The van der Waals surface area contributed by atoms with Crippen LogP contribution in [0, 0.1) is 0 Å². The number of rotatable bonds is 5. The van der Waals surface area contributed by atoms with Crippen molar-refractivity contribution in [2.75, 3.05) is 12.0 Å². The molecule has 4 aromatic rings. The van der Waals surface area contributed by atoms with E-state index in [0.29, 0.717) is 33.4 Å². The van der Waals surface area contributed by atoms with Gasteiger partial charge in [0.1, 0.15) is 23.3 Å². The molecule has 170 valence electrons. The fraction of sp³-hybridized carbons (Fsp3) is 0.115. The summed E-state index contributed by atoms with van der Waals surface area (Å²) in [5.74, 6) is 0.771. The Balaban J connectivity index is 1.62. The zero-order chi connectivity index (χ0) is 23.7. The van der Waals surface area contributed by atoms with Crippen LogP contribution in [0.25, 0.3) is 11.3 Å². The van der Waals surface area contributed by atoms with E-state index in [4.69, 9.17) is 21.4 Å². The number of ether oxygens (including phenoxy) is 1. The van der Waals surface area contributed by atoms with Crippen LogP contribution in [0.3, 0.4) is 0 Å². The topological polar surface area (TPSA) is 87.8 Å². The summed E-state index contributed by atoms with van der Waals surface area (Å²) in [7, 11) is 1.35. The first-order valence-corrected chi connectivity index (χ1v) is 11.1. The number of esters is 1. The fourth-order valence-electron chi connectivity index (χ4n) is 4.21. The molecule has 5 rings (SSSR count). The van der Waals surface area contributed by atoms with Crippen molar-refractivity contribution in [1.82, 2.24) is 10.3 Å². The van der Waals surface area contributed by atoms with Gasteiger partial charge in [-0.2, -0.15) is 0 Å². The van der Waals surface area contributed by atoms with Gasteiger partial charge < -0.3 is 24.5 Å². The zero-order valence-corrected chi connectivity index (χ0v) is 19.0. The van der Waals surface area contributed by atoms with E-state index in [-0.39, 0.29) is 11.8 Å². The molecule has 3 heterocycles. The molecule has 2 atom stereocenters. The number of hydrogen-bond acceptors (Lipinski definition) is 6. The number of phenolic OH excluding ortho intramolecular Hbond substituents is 1. The Bertz CT molecular complexity index is 1350. The monoisotopic (exact) mass is 471 g/mol. The van der Waals surface area contributed by atoms with Crippen molar-refractivity contribution >= 4 is 29.0 Å². The van der Waals surface area contributed by atoms with Crippen molar-refractivity contribution in [3.8, 4) is 17.1 Å². The van der Waals surface area contributed by atoms with Gasteiger partial charge in [-0.25, -0.2) is 4.79 Å². The lowest BCUT2D eigenvalue weighted by Gasteiger charge is -2.26. The molecule has 0 amide bonds.